The van der Waals surface area contributed by atoms with Crippen LogP contribution in [0.2, 0.25) is 15.1 Å². The summed E-state index contributed by atoms with van der Waals surface area (Å²) in [5.74, 6) is -1.51. The molecule has 0 bridgehead atoms. The van der Waals surface area contributed by atoms with Crippen molar-refractivity contribution in [1.82, 2.24) is 10.9 Å². The SMILES string of the molecule is O=C(NNC(=O)c1cc([N+](=O)[O-])ccc1Cl)c1ccc(Cl)cc1Cl. The minimum absolute atomic E-state index is 0.00289. The molecular formula is C14H8Cl3N3O4. The van der Waals surface area contributed by atoms with E-state index in [1.807, 2.05) is 0 Å². The maximum atomic E-state index is 12.0. The van der Waals surface area contributed by atoms with E-state index in [0.717, 1.165) is 12.1 Å². The van der Waals surface area contributed by atoms with Gasteiger partial charge in [0.15, 0.2) is 0 Å². The van der Waals surface area contributed by atoms with Crippen molar-refractivity contribution in [3.05, 3.63) is 72.7 Å². The molecule has 0 spiro atoms. The van der Waals surface area contributed by atoms with Crippen LogP contribution in [0.15, 0.2) is 36.4 Å². The molecule has 0 fully saturated rings. The Morgan fingerprint density at radius 1 is 0.875 bits per heavy atom. The molecule has 0 heterocycles. The van der Waals surface area contributed by atoms with Gasteiger partial charge in [0.2, 0.25) is 0 Å². The number of nitrogens with one attached hydrogen (secondary N) is 2. The Hall–Kier alpha value is -2.35. The minimum atomic E-state index is -0.817. The predicted octanol–water partition coefficient (Wildman–Crippen LogP) is 3.63. The van der Waals surface area contributed by atoms with Gasteiger partial charge in [0.1, 0.15) is 0 Å². The van der Waals surface area contributed by atoms with Gasteiger partial charge in [-0.05, 0) is 24.3 Å². The van der Waals surface area contributed by atoms with Crippen molar-refractivity contribution in [1.29, 1.82) is 0 Å². The molecule has 0 aliphatic heterocycles. The first-order chi connectivity index (χ1) is 11.3. The van der Waals surface area contributed by atoms with Crippen LogP contribution in [0.5, 0.6) is 0 Å². The molecule has 0 saturated carbocycles. The Labute approximate surface area is 150 Å². The summed E-state index contributed by atoms with van der Waals surface area (Å²) in [6.07, 6.45) is 0. The molecule has 0 aliphatic rings. The maximum absolute atomic E-state index is 12.0. The zero-order valence-corrected chi connectivity index (χ0v) is 13.9. The van der Waals surface area contributed by atoms with E-state index >= 15 is 0 Å². The van der Waals surface area contributed by atoms with E-state index in [4.69, 9.17) is 34.8 Å². The second-order valence-corrected chi connectivity index (χ2v) is 5.70. The van der Waals surface area contributed by atoms with Crippen molar-refractivity contribution in [3.63, 3.8) is 0 Å². The first-order valence-electron chi connectivity index (χ1n) is 6.29. The van der Waals surface area contributed by atoms with Gasteiger partial charge >= 0.3 is 0 Å². The number of amides is 2. The topological polar surface area (TPSA) is 101 Å². The number of carbonyl (C=O) groups is 2. The normalized spacial score (nSPS) is 10.1. The van der Waals surface area contributed by atoms with Gasteiger partial charge in [-0.3, -0.25) is 30.6 Å². The van der Waals surface area contributed by atoms with E-state index in [1.165, 1.54) is 24.3 Å². The van der Waals surface area contributed by atoms with Gasteiger partial charge in [0.25, 0.3) is 17.5 Å². The van der Waals surface area contributed by atoms with E-state index in [0.29, 0.717) is 5.02 Å². The van der Waals surface area contributed by atoms with E-state index in [1.54, 1.807) is 0 Å². The number of non-ortho nitro benzene ring substituents is 1. The van der Waals surface area contributed by atoms with Gasteiger partial charge in [0.05, 0.1) is 26.1 Å². The number of rotatable bonds is 3. The number of hydrogen-bond donors (Lipinski definition) is 2. The first kappa shape index (κ1) is 18.0. The second-order valence-electron chi connectivity index (χ2n) is 4.45. The zero-order chi connectivity index (χ0) is 17.9. The van der Waals surface area contributed by atoms with Gasteiger partial charge in [-0.25, -0.2) is 0 Å². The number of hydrogen-bond acceptors (Lipinski definition) is 4. The fourth-order valence-corrected chi connectivity index (χ4v) is 2.42. The minimum Gasteiger partial charge on any atom is -0.267 e. The number of nitro benzene ring substituents is 1. The van der Waals surface area contributed by atoms with Crippen molar-refractivity contribution in [2.75, 3.05) is 0 Å². The molecular weight excluding hydrogens is 381 g/mol. The lowest BCUT2D eigenvalue weighted by atomic mass is 10.2. The highest BCUT2D eigenvalue weighted by molar-refractivity contribution is 6.36. The van der Waals surface area contributed by atoms with E-state index in [-0.39, 0.29) is 26.9 Å². The monoisotopic (exact) mass is 387 g/mol. The van der Waals surface area contributed by atoms with Crippen molar-refractivity contribution in [2.45, 2.75) is 0 Å². The Balaban J connectivity index is 2.12. The Bertz CT molecular complexity index is 842. The van der Waals surface area contributed by atoms with Crippen LogP contribution in [0, 0.1) is 10.1 Å². The Kier molecular flexibility index (Phi) is 5.61. The summed E-state index contributed by atoms with van der Waals surface area (Å²) in [5, 5.41) is 11.2. The van der Waals surface area contributed by atoms with Crippen molar-refractivity contribution in [2.24, 2.45) is 0 Å². The molecule has 2 aromatic rings. The fourth-order valence-electron chi connectivity index (χ4n) is 1.72. The molecule has 124 valence electrons. The molecule has 0 radical (unpaired) electrons. The third-order valence-electron chi connectivity index (χ3n) is 2.87. The van der Waals surface area contributed by atoms with Crippen LogP contribution in [0.3, 0.4) is 0 Å². The van der Waals surface area contributed by atoms with E-state index < -0.39 is 16.7 Å². The molecule has 0 aliphatic carbocycles. The van der Waals surface area contributed by atoms with Crippen molar-refractivity contribution in [3.8, 4) is 0 Å². The quantitative estimate of drug-likeness (QED) is 0.619. The lowest BCUT2D eigenvalue weighted by molar-refractivity contribution is -0.384. The van der Waals surface area contributed by atoms with Gasteiger partial charge in [-0.15, -0.1) is 0 Å². The van der Waals surface area contributed by atoms with Crippen molar-refractivity contribution < 1.29 is 14.5 Å². The third-order valence-corrected chi connectivity index (χ3v) is 3.75. The molecule has 2 amide bonds. The summed E-state index contributed by atoms with van der Waals surface area (Å²) < 4.78 is 0. The van der Waals surface area contributed by atoms with Gasteiger partial charge < -0.3 is 0 Å². The molecule has 2 rings (SSSR count). The molecule has 2 aromatic carbocycles. The van der Waals surface area contributed by atoms with Crippen LogP contribution >= 0.6 is 34.8 Å². The van der Waals surface area contributed by atoms with Crippen LogP contribution < -0.4 is 10.9 Å². The molecule has 0 saturated heterocycles. The highest BCUT2D eigenvalue weighted by atomic mass is 35.5. The van der Waals surface area contributed by atoms with Crippen LogP contribution in [0.4, 0.5) is 5.69 Å². The van der Waals surface area contributed by atoms with E-state index in [2.05, 4.69) is 10.9 Å². The van der Waals surface area contributed by atoms with Crippen LogP contribution in [0.1, 0.15) is 20.7 Å². The molecule has 7 nitrogen and oxygen atoms in total. The van der Waals surface area contributed by atoms with Gasteiger partial charge in [-0.1, -0.05) is 34.8 Å². The third kappa shape index (κ3) is 4.14. The average Bonchev–Trinajstić information content (AvgIpc) is 2.52. The molecule has 0 atom stereocenters. The summed E-state index contributed by atoms with van der Waals surface area (Å²) in [6, 6.07) is 7.59. The smallest absolute Gasteiger partial charge is 0.267 e. The number of carbonyl (C=O) groups excluding carboxylic acids is 2. The number of halogens is 3. The molecule has 10 heteroatoms. The first-order valence-corrected chi connectivity index (χ1v) is 7.42. The predicted molar refractivity (Wildman–Crippen MR) is 89.5 cm³/mol. The average molecular weight is 389 g/mol. The largest absolute Gasteiger partial charge is 0.271 e. The standard InChI is InChI=1S/C14H8Cl3N3O4/c15-7-1-3-9(12(17)5-7)13(21)18-19-14(22)10-6-8(20(23)24)2-4-11(10)16/h1-6H,(H,18,21)(H,19,22). The van der Waals surface area contributed by atoms with Gasteiger partial charge in [0, 0.05) is 17.2 Å². The Morgan fingerprint density at radius 3 is 2.08 bits per heavy atom. The van der Waals surface area contributed by atoms with Crippen LogP contribution in [-0.4, -0.2) is 16.7 Å². The molecule has 0 unspecified atom stereocenters. The zero-order valence-electron chi connectivity index (χ0n) is 11.7. The number of benzene rings is 2. The van der Waals surface area contributed by atoms with Crippen LogP contribution in [0.25, 0.3) is 0 Å². The lowest BCUT2D eigenvalue weighted by Gasteiger charge is -2.09. The maximum Gasteiger partial charge on any atom is 0.271 e. The molecule has 24 heavy (non-hydrogen) atoms. The van der Waals surface area contributed by atoms with E-state index in [9.17, 15) is 19.7 Å². The highest BCUT2D eigenvalue weighted by Crippen LogP contribution is 2.22. The number of nitro groups is 1. The van der Waals surface area contributed by atoms with Crippen molar-refractivity contribution >= 4 is 52.3 Å². The summed E-state index contributed by atoms with van der Waals surface area (Å²) in [5.41, 5.74) is 3.87. The van der Waals surface area contributed by atoms with Gasteiger partial charge in [-0.2, -0.15) is 0 Å². The molecule has 2 N–H and O–H groups in total. The summed E-state index contributed by atoms with van der Waals surface area (Å²) >= 11 is 17.5. The lowest BCUT2D eigenvalue weighted by Crippen LogP contribution is -2.41. The summed E-state index contributed by atoms with van der Waals surface area (Å²) in [7, 11) is 0. The highest BCUT2D eigenvalue weighted by Gasteiger charge is 2.17. The number of nitrogens with zero attached hydrogens (tertiary/aromatic N) is 1. The number of hydrazine groups is 1. The summed E-state index contributed by atoms with van der Waals surface area (Å²) in [6.45, 7) is 0. The Morgan fingerprint density at radius 2 is 1.50 bits per heavy atom. The van der Waals surface area contributed by atoms with Crippen LogP contribution in [-0.2, 0) is 0 Å². The second kappa shape index (κ2) is 7.48. The fraction of sp³-hybridized carbons (Fsp3) is 0. The summed E-state index contributed by atoms with van der Waals surface area (Å²) in [4.78, 5) is 34.1. The molecule has 0 aromatic heterocycles.